The van der Waals surface area contributed by atoms with Crippen LogP contribution in [0.2, 0.25) is 0 Å². The van der Waals surface area contributed by atoms with Crippen LogP contribution < -0.4 is 11.1 Å². The van der Waals surface area contributed by atoms with Crippen molar-refractivity contribution in [1.82, 2.24) is 15.3 Å². The van der Waals surface area contributed by atoms with Gasteiger partial charge in [0.2, 0.25) is 5.91 Å². The first-order chi connectivity index (χ1) is 6.71. The third-order valence-electron chi connectivity index (χ3n) is 2.67. The number of nitrogens with zero attached hydrogens (tertiary/aromatic N) is 1. The second-order valence-corrected chi connectivity index (χ2v) is 3.73. The van der Waals surface area contributed by atoms with Crippen molar-refractivity contribution in [2.75, 3.05) is 0 Å². The maximum Gasteiger partial charge on any atom is 0.240 e. The molecule has 0 aromatic carbocycles. The third-order valence-corrected chi connectivity index (χ3v) is 2.67. The topological polar surface area (TPSA) is 83.8 Å². The predicted molar refractivity (Wildman–Crippen MR) is 51.2 cm³/mol. The minimum atomic E-state index is -0.618. The largest absolute Gasteiger partial charge is 0.347 e. The highest BCUT2D eigenvalue weighted by molar-refractivity contribution is 5.86. The number of carbonyl (C=O) groups excluding carboxylic acids is 1. The molecule has 0 unspecified atom stereocenters. The maximum absolute atomic E-state index is 11.6. The number of H-pyrrole nitrogens is 1. The number of aromatic nitrogens is 2. The molecule has 0 spiro atoms. The lowest BCUT2D eigenvalue weighted by atomic mass is 9.77. The molecule has 0 atom stereocenters. The van der Waals surface area contributed by atoms with Gasteiger partial charge in [0.05, 0.1) is 12.1 Å². The van der Waals surface area contributed by atoms with Gasteiger partial charge < -0.3 is 16.0 Å². The van der Waals surface area contributed by atoms with Crippen molar-refractivity contribution in [3.05, 3.63) is 18.2 Å². The Labute approximate surface area is 82.1 Å². The maximum atomic E-state index is 11.6. The van der Waals surface area contributed by atoms with Gasteiger partial charge in [-0.2, -0.15) is 0 Å². The first-order valence-electron chi connectivity index (χ1n) is 4.76. The molecular formula is C9H14N4O. The van der Waals surface area contributed by atoms with E-state index in [-0.39, 0.29) is 5.91 Å². The van der Waals surface area contributed by atoms with Gasteiger partial charge in [0, 0.05) is 12.4 Å². The minimum Gasteiger partial charge on any atom is -0.347 e. The summed E-state index contributed by atoms with van der Waals surface area (Å²) < 4.78 is 0. The van der Waals surface area contributed by atoms with Crippen LogP contribution in [0.25, 0.3) is 0 Å². The number of imidazole rings is 1. The summed E-state index contributed by atoms with van der Waals surface area (Å²) in [7, 11) is 0. The van der Waals surface area contributed by atoms with Crippen molar-refractivity contribution in [3.63, 3.8) is 0 Å². The molecule has 0 bridgehead atoms. The van der Waals surface area contributed by atoms with Crippen LogP contribution in [0.15, 0.2) is 12.4 Å². The van der Waals surface area contributed by atoms with Gasteiger partial charge in [-0.15, -0.1) is 0 Å². The van der Waals surface area contributed by atoms with E-state index < -0.39 is 5.54 Å². The van der Waals surface area contributed by atoms with Crippen molar-refractivity contribution < 1.29 is 4.79 Å². The quantitative estimate of drug-likeness (QED) is 0.628. The van der Waals surface area contributed by atoms with Crippen molar-refractivity contribution >= 4 is 5.91 Å². The molecule has 1 amide bonds. The van der Waals surface area contributed by atoms with Gasteiger partial charge in [0.15, 0.2) is 0 Å². The zero-order chi connectivity index (χ0) is 10.0. The molecule has 76 valence electrons. The molecule has 1 fully saturated rings. The number of hydrogen-bond acceptors (Lipinski definition) is 3. The highest BCUT2D eigenvalue weighted by Crippen LogP contribution is 2.28. The van der Waals surface area contributed by atoms with Crippen LogP contribution in [0.4, 0.5) is 0 Å². The van der Waals surface area contributed by atoms with E-state index in [9.17, 15) is 4.79 Å². The molecule has 1 saturated carbocycles. The SMILES string of the molecule is NC1(C(=O)NCc2ncc[nH]2)CCC1. The normalized spacial score (nSPS) is 18.6. The summed E-state index contributed by atoms with van der Waals surface area (Å²) in [5.74, 6) is 0.682. The highest BCUT2D eigenvalue weighted by Gasteiger charge is 2.39. The predicted octanol–water partition coefficient (Wildman–Crippen LogP) is -0.0927. The fourth-order valence-corrected chi connectivity index (χ4v) is 1.52. The molecular weight excluding hydrogens is 180 g/mol. The Morgan fingerprint density at radius 3 is 3.00 bits per heavy atom. The molecule has 14 heavy (non-hydrogen) atoms. The molecule has 1 aliphatic carbocycles. The lowest BCUT2D eigenvalue weighted by Gasteiger charge is -2.36. The van der Waals surface area contributed by atoms with Crippen LogP contribution in [-0.4, -0.2) is 21.4 Å². The lowest BCUT2D eigenvalue weighted by molar-refractivity contribution is -0.129. The minimum absolute atomic E-state index is 0.0693. The van der Waals surface area contributed by atoms with Gasteiger partial charge in [-0.1, -0.05) is 0 Å². The Hall–Kier alpha value is -1.36. The van der Waals surface area contributed by atoms with Crippen LogP contribution in [0.5, 0.6) is 0 Å². The zero-order valence-electron chi connectivity index (χ0n) is 7.92. The molecule has 1 aromatic heterocycles. The smallest absolute Gasteiger partial charge is 0.240 e. The summed E-state index contributed by atoms with van der Waals surface area (Å²) in [6.07, 6.45) is 6.00. The van der Waals surface area contributed by atoms with Crippen LogP contribution >= 0.6 is 0 Å². The summed E-state index contributed by atoms with van der Waals surface area (Å²) in [6, 6.07) is 0. The number of rotatable bonds is 3. The summed E-state index contributed by atoms with van der Waals surface area (Å²) in [5, 5.41) is 2.77. The fraction of sp³-hybridized carbons (Fsp3) is 0.556. The molecule has 0 radical (unpaired) electrons. The highest BCUT2D eigenvalue weighted by atomic mass is 16.2. The van der Waals surface area contributed by atoms with E-state index in [1.807, 2.05) is 0 Å². The third kappa shape index (κ3) is 1.63. The van der Waals surface area contributed by atoms with Crippen LogP contribution in [0.1, 0.15) is 25.1 Å². The van der Waals surface area contributed by atoms with E-state index >= 15 is 0 Å². The molecule has 4 N–H and O–H groups in total. The van der Waals surface area contributed by atoms with Crippen LogP contribution in [0.3, 0.4) is 0 Å². The van der Waals surface area contributed by atoms with E-state index in [0.717, 1.165) is 25.1 Å². The molecule has 0 aliphatic heterocycles. The molecule has 1 heterocycles. The van der Waals surface area contributed by atoms with Gasteiger partial charge in [-0.05, 0) is 19.3 Å². The monoisotopic (exact) mass is 194 g/mol. The number of carbonyl (C=O) groups is 1. The second-order valence-electron chi connectivity index (χ2n) is 3.73. The van der Waals surface area contributed by atoms with E-state index in [4.69, 9.17) is 5.73 Å². The lowest BCUT2D eigenvalue weighted by Crippen LogP contribution is -2.58. The van der Waals surface area contributed by atoms with E-state index in [0.29, 0.717) is 6.54 Å². The Balaban J connectivity index is 1.84. The Bertz CT molecular complexity index is 316. The summed E-state index contributed by atoms with van der Waals surface area (Å²) in [4.78, 5) is 18.5. The van der Waals surface area contributed by atoms with Gasteiger partial charge >= 0.3 is 0 Å². The average molecular weight is 194 g/mol. The van der Waals surface area contributed by atoms with Gasteiger partial charge in [0.25, 0.3) is 0 Å². The standard InChI is InChI=1S/C9H14N4O/c10-9(2-1-3-9)8(14)13-6-7-11-4-5-12-7/h4-5H,1-3,6,10H2,(H,11,12)(H,13,14). The molecule has 1 aromatic rings. The first-order valence-corrected chi connectivity index (χ1v) is 4.76. The van der Waals surface area contributed by atoms with Crippen molar-refractivity contribution in [2.24, 2.45) is 5.73 Å². The number of aromatic amines is 1. The van der Waals surface area contributed by atoms with Gasteiger partial charge in [-0.3, -0.25) is 4.79 Å². The molecule has 1 aliphatic rings. The van der Waals surface area contributed by atoms with Crippen LogP contribution in [0, 0.1) is 0 Å². The van der Waals surface area contributed by atoms with E-state index in [1.54, 1.807) is 12.4 Å². The first kappa shape index (κ1) is 9.21. The average Bonchev–Trinajstić information content (AvgIpc) is 2.62. The number of hydrogen-bond donors (Lipinski definition) is 3. The number of nitrogens with one attached hydrogen (secondary N) is 2. The zero-order valence-corrected chi connectivity index (χ0v) is 7.92. The van der Waals surface area contributed by atoms with E-state index in [2.05, 4.69) is 15.3 Å². The van der Waals surface area contributed by atoms with Crippen molar-refractivity contribution in [1.29, 1.82) is 0 Å². The fourth-order valence-electron chi connectivity index (χ4n) is 1.52. The van der Waals surface area contributed by atoms with Gasteiger partial charge in [-0.25, -0.2) is 4.98 Å². The second kappa shape index (κ2) is 3.42. The van der Waals surface area contributed by atoms with Gasteiger partial charge in [0.1, 0.15) is 5.82 Å². The summed E-state index contributed by atoms with van der Waals surface area (Å²) in [6.45, 7) is 0.421. The van der Waals surface area contributed by atoms with E-state index in [1.165, 1.54) is 0 Å². The Kier molecular flexibility index (Phi) is 2.25. The summed E-state index contributed by atoms with van der Waals surface area (Å²) in [5.41, 5.74) is 5.22. The molecule has 5 heteroatoms. The van der Waals surface area contributed by atoms with Crippen LogP contribution in [-0.2, 0) is 11.3 Å². The molecule has 0 saturated heterocycles. The Morgan fingerprint density at radius 2 is 2.50 bits per heavy atom. The van der Waals surface area contributed by atoms with Crippen molar-refractivity contribution in [3.8, 4) is 0 Å². The van der Waals surface area contributed by atoms with Crippen molar-refractivity contribution in [2.45, 2.75) is 31.3 Å². The number of amides is 1. The molecule has 2 rings (SSSR count). The molecule has 5 nitrogen and oxygen atoms in total. The number of nitrogens with two attached hydrogens (primary N) is 1. The summed E-state index contributed by atoms with van der Waals surface area (Å²) >= 11 is 0. The Morgan fingerprint density at radius 1 is 1.71 bits per heavy atom.